The minimum absolute atomic E-state index is 0.225. The summed E-state index contributed by atoms with van der Waals surface area (Å²) in [5.74, 6) is 5.46. The van der Waals surface area contributed by atoms with Crippen molar-refractivity contribution in [2.24, 2.45) is 5.84 Å². The molecule has 0 fully saturated rings. The number of halogens is 1. The maximum Gasteiger partial charge on any atom is 0.0477 e. The van der Waals surface area contributed by atoms with E-state index < -0.39 is 0 Å². The minimum atomic E-state index is 0.225. The van der Waals surface area contributed by atoms with Crippen molar-refractivity contribution in [3.8, 4) is 0 Å². The van der Waals surface area contributed by atoms with Crippen molar-refractivity contribution >= 4 is 11.6 Å². The molecule has 0 aliphatic carbocycles. The first-order chi connectivity index (χ1) is 7.26. The van der Waals surface area contributed by atoms with Gasteiger partial charge in [-0.15, -0.1) is 0 Å². The van der Waals surface area contributed by atoms with Crippen molar-refractivity contribution in [3.63, 3.8) is 0 Å². The molecule has 0 saturated heterocycles. The highest BCUT2D eigenvalue weighted by molar-refractivity contribution is 6.30. The summed E-state index contributed by atoms with van der Waals surface area (Å²) in [5, 5.41) is 0.759. The molecule has 3 N–H and O–H groups in total. The van der Waals surface area contributed by atoms with Gasteiger partial charge in [-0.25, -0.2) is 0 Å². The second kappa shape index (κ2) is 6.80. The zero-order valence-corrected chi connectivity index (χ0v) is 9.63. The summed E-state index contributed by atoms with van der Waals surface area (Å²) in [5.41, 5.74) is 3.96. The molecule has 0 aromatic heterocycles. The number of rotatable bonds is 6. The van der Waals surface area contributed by atoms with E-state index in [1.807, 2.05) is 24.3 Å². The van der Waals surface area contributed by atoms with Crippen LogP contribution in [0.15, 0.2) is 24.3 Å². The van der Waals surface area contributed by atoms with Crippen molar-refractivity contribution in [3.05, 3.63) is 34.9 Å². The Morgan fingerprint density at radius 1 is 1.53 bits per heavy atom. The molecular formula is C11H17ClN2O. The molecule has 3 nitrogen and oxygen atoms in total. The summed E-state index contributed by atoms with van der Waals surface area (Å²) in [7, 11) is 1.69. The van der Waals surface area contributed by atoms with Crippen LogP contribution in [0.1, 0.15) is 12.0 Å². The van der Waals surface area contributed by atoms with Crippen LogP contribution in [-0.2, 0) is 11.2 Å². The quantitative estimate of drug-likeness (QED) is 0.576. The number of nitrogens with one attached hydrogen (secondary N) is 1. The third kappa shape index (κ3) is 4.62. The van der Waals surface area contributed by atoms with Gasteiger partial charge in [0.25, 0.3) is 0 Å². The topological polar surface area (TPSA) is 47.3 Å². The Balaban J connectivity index is 2.50. The van der Waals surface area contributed by atoms with Crippen molar-refractivity contribution in [2.45, 2.75) is 18.9 Å². The SMILES string of the molecule is COCCC(Cc1cccc(Cl)c1)NN. The van der Waals surface area contributed by atoms with E-state index in [-0.39, 0.29) is 6.04 Å². The highest BCUT2D eigenvalue weighted by atomic mass is 35.5. The molecule has 0 bridgehead atoms. The molecule has 0 aliphatic heterocycles. The summed E-state index contributed by atoms with van der Waals surface area (Å²) in [6.45, 7) is 0.704. The van der Waals surface area contributed by atoms with Gasteiger partial charge < -0.3 is 4.74 Å². The number of hydrazine groups is 1. The molecular weight excluding hydrogens is 212 g/mol. The molecule has 84 valence electrons. The molecule has 1 aromatic rings. The van der Waals surface area contributed by atoms with Crippen LogP contribution >= 0.6 is 11.6 Å². The summed E-state index contributed by atoms with van der Waals surface area (Å²) in [6, 6.07) is 8.04. The van der Waals surface area contributed by atoms with Crippen LogP contribution in [0.25, 0.3) is 0 Å². The predicted molar refractivity (Wildman–Crippen MR) is 62.8 cm³/mol. The van der Waals surface area contributed by atoms with Crippen LogP contribution in [-0.4, -0.2) is 19.8 Å². The van der Waals surface area contributed by atoms with Crippen molar-refractivity contribution in [1.29, 1.82) is 0 Å². The van der Waals surface area contributed by atoms with Crippen molar-refractivity contribution in [2.75, 3.05) is 13.7 Å². The number of hydrogen-bond donors (Lipinski definition) is 2. The average Bonchev–Trinajstić information content (AvgIpc) is 2.24. The molecule has 0 saturated carbocycles. The Kier molecular flexibility index (Phi) is 5.65. The normalized spacial score (nSPS) is 12.7. The van der Waals surface area contributed by atoms with Gasteiger partial charge in [-0.3, -0.25) is 11.3 Å². The Labute approximate surface area is 95.5 Å². The number of benzene rings is 1. The fraction of sp³-hybridized carbons (Fsp3) is 0.455. The Bertz CT molecular complexity index is 294. The highest BCUT2D eigenvalue weighted by Gasteiger charge is 2.07. The smallest absolute Gasteiger partial charge is 0.0477 e. The van der Waals surface area contributed by atoms with Crippen molar-refractivity contribution in [1.82, 2.24) is 5.43 Å². The van der Waals surface area contributed by atoms with Gasteiger partial charge in [0.05, 0.1) is 0 Å². The van der Waals surface area contributed by atoms with Gasteiger partial charge in [0, 0.05) is 24.8 Å². The van der Waals surface area contributed by atoms with Crippen LogP contribution in [0.3, 0.4) is 0 Å². The predicted octanol–water partition coefficient (Wildman–Crippen LogP) is 1.75. The number of ether oxygens (including phenoxy) is 1. The van der Waals surface area contributed by atoms with E-state index in [4.69, 9.17) is 22.2 Å². The van der Waals surface area contributed by atoms with Crippen LogP contribution in [0.4, 0.5) is 0 Å². The van der Waals surface area contributed by atoms with Crippen LogP contribution in [0.2, 0.25) is 5.02 Å². The molecule has 1 rings (SSSR count). The first-order valence-corrected chi connectivity index (χ1v) is 5.33. The third-order valence-corrected chi connectivity index (χ3v) is 2.51. The van der Waals surface area contributed by atoms with Crippen LogP contribution in [0, 0.1) is 0 Å². The molecule has 0 spiro atoms. The van der Waals surface area contributed by atoms with E-state index in [9.17, 15) is 0 Å². The number of nitrogens with two attached hydrogens (primary N) is 1. The number of hydrogen-bond acceptors (Lipinski definition) is 3. The van der Waals surface area contributed by atoms with Crippen LogP contribution < -0.4 is 11.3 Å². The van der Waals surface area contributed by atoms with Crippen molar-refractivity contribution < 1.29 is 4.74 Å². The standard InChI is InChI=1S/C11H17ClN2O/c1-15-6-5-11(14-13)8-9-3-2-4-10(12)7-9/h2-4,7,11,14H,5-6,8,13H2,1H3. The van der Waals surface area contributed by atoms with Gasteiger partial charge in [0.15, 0.2) is 0 Å². The molecule has 0 radical (unpaired) electrons. The zero-order valence-electron chi connectivity index (χ0n) is 8.87. The first kappa shape index (κ1) is 12.5. The van der Waals surface area contributed by atoms with Gasteiger partial charge >= 0.3 is 0 Å². The molecule has 0 heterocycles. The maximum absolute atomic E-state index is 5.90. The molecule has 1 aromatic carbocycles. The molecule has 4 heteroatoms. The molecule has 15 heavy (non-hydrogen) atoms. The molecule has 0 aliphatic rings. The Hall–Kier alpha value is -0.610. The van der Waals surface area contributed by atoms with Gasteiger partial charge in [0.2, 0.25) is 0 Å². The van der Waals surface area contributed by atoms with E-state index >= 15 is 0 Å². The van der Waals surface area contributed by atoms with E-state index in [2.05, 4.69) is 5.43 Å². The fourth-order valence-corrected chi connectivity index (χ4v) is 1.67. The maximum atomic E-state index is 5.90. The van der Waals surface area contributed by atoms with E-state index in [1.165, 1.54) is 5.56 Å². The highest BCUT2D eigenvalue weighted by Crippen LogP contribution is 2.12. The molecule has 1 atom stereocenters. The minimum Gasteiger partial charge on any atom is -0.385 e. The first-order valence-electron chi connectivity index (χ1n) is 4.95. The lowest BCUT2D eigenvalue weighted by atomic mass is 10.0. The second-order valence-corrected chi connectivity index (χ2v) is 3.92. The van der Waals surface area contributed by atoms with Gasteiger partial charge in [-0.1, -0.05) is 23.7 Å². The Morgan fingerprint density at radius 2 is 2.33 bits per heavy atom. The zero-order chi connectivity index (χ0) is 11.1. The summed E-state index contributed by atoms with van der Waals surface area (Å²) < 4.78 is 5.01. The summed E-state index contributed by atoms with van der Waals surface area (Å²) in [4.78, 5) is 0. The number of methoxy groups -OCH3 is 1. The largest absolute Gasteiger partial charge is 0.385 e. The fourth-order valence-electron chi connectivity index (χ4n) is 1.45. The lowest BCUT2D eigenvalue weighted by Crippen LogP contribution is -2.37. The Morgan fingerprint density at radius 3 is 2.93 bits per heavy atom. The lowest BCUT2D eigenvalue weighted by Gasteiger charge is -2.15. The van der Waals surface area contributed by atoms with Gasteiger partial charge in [-0.05, 0) is 30.5 Å². The average molecular weight is 229 g/mol. The second-order valence-electron chi connectivity index (χ2n) is 3.48. The lowest BCUT2D eigenvalue weighted by molar-refractivity contribution is 0.182. The third-order valence-electron chi connectivity index (χ3n) is 2.28. The monoisotopic (exact) mass is 228 g/mol. The van der Waals surface area contributed by atoms with E-state index in [0.717, 1.165) is 17.9 Å². The summed E-state index contributed by atoms with van der Waals surface area (Å²) >= 11 is 5.90. The van der Waals surface area contributed by atoms with E-state index in [1.54, 1.807) is 7.11 Å². The molecule has 0 amide bonds. The van der Waals surface area contributed by atoms with Crippen LogP contribution in [0.5, 0.6) is 0 Å². The summed E-state index contributed by atoms with van der Waals surface area (Å²) in [6.07, 6.45) is 1.75. The molecule has 1 unspecified atom stereocenters. The van der Waals surface area contributed by atoms with E-state index in [0.29, 0.717) is 6.61 Å². The van der Waals surface area contributed by atoms with Gasteiger partial charge in [-0.2, -0.15) is 0 Å². The van der Waals surface area contributed by atoms with Gasteiger partial charge in [0.1, 0.15) is 0 Å².